The second-order valence-electron chi connectivity index (χ2n) is 7.13. The summed E-state index contributed by atoms with van der Waals surface area (Å²) in [6.07, 6.45) is 2.56. The largest absolute Gasteiger partial charge is 0.467 e. The molecule has 2 aromatic carbocycles. The van der Waals surface area contributed by atoms with Gasteiger partial charge in [-0.25, -0.2) is 0 Å². The number of furan rings is 1. The van der Waals surface area contributed by atoms with Crippen molar-refractivity contribution in [2.24, 2.45) is 0 Å². The molecule has 3 aromatic rings. The maximum Gasteiger partial charge on any atom is 0.313 e. The second-order valence-corrected chi connectivity index (χ2v) is 7.13. The van der Waals surface area contributed by atoms with Gasteiger partial charge in [0.1, 0.15) is 11.8 Å². The van der Waals surface area contributed by atoms with Gasteiger partial charge >= 0.3 is 11.8 Å². The van der Waals surface area contributed by atoms with E-state index in [9.17, 15) is 9.59 Å². The van der Waals surface area contributed by atoms with E-state index in [-0.39, 0.29) is 12.6 Å². The molecule has 1 aliphatic rings. The van der Waals surface area contributed by atoms with Crippen molar-refractivity contribution in [3.63, 3.8) is 0 Å². The van der Waals surface area contributed by atoms with E-state index in [1.165, 1.54) is 5.56 Å². The van der Waals surface area contributed by atoms with Gasteiger partial charge in [0, 0.05) is 24.5 Å². The summed E-state index contributed by atoms with van der Waals surface area (Å²) in [6.45, 7) is 3.06. The van der Waals surface area contributed by atoms with Crippen LogP contribution < -0.4 is 15.5 Å². The van der Waals surface area contributed by atoms with Crippen molar-refractivity contribution >= 4 is 23.2 Å². The summed E-state index contributed by atoms with van der Waals surface area (Å²) >= 11 is 0. The van der Waals surface area contributed by atoms with Crippen molar-refractivity contribution in [3.05, 3.63) is 83.8 Å². The molecule has 2 amide bonds. The third-order valence-corrected chi connectivity index (χ3v) is 5.14. The summed E-state index contributed by atoms with van der Waals surface area (Å²) < 4.78 is 5.63. The van der Waals surface area contributed by atoms with E-state index in [0.29, 0.717) is 5.69 Å². The van der Waals surface area contributed by atoms with Crippen LogP contribution >= 0.6 is 0 Å². The first kappa shape index (κ1) is 18.8. The van der Waals surface area contributed by atoms with Crippen molar-refractivity contribution in [3.8, 4) is 0 Å². The second kappa shape index (κ2) is 8.22. The Bertz CT molecular complexity index is 996. The van der Waals surface area contributed by atoms with Gasteiger partial charge in [0.05, 0.1) is 6.26 Å². The molecule has 148 valence electrons. The number of nitrogens with zero attached hydrogens (tertiary/aromatic N) is 1. The molecule has 0 saturated carbocycles. The van der Waals surface area contributed by atoms with Crippen LogP contribution in [0.4, 0.5) is 11.4 Å². The highest BCUT2D eigenvalue weighted by Gasteiger charge is 2.29. The van der Waals surface area contributed by atoms with Crippen molar-refractivity contribution in [1.29, 1.82) is 0 Å². The number of carbonyl (C=O) groups excluding carboxylic acids is 2. The molecule has 1 aromatic heterocycles. The summed E-state index contributed by atoms with van der Waals surface area (Å²) in [5.41, 5.74) is 4.08. The van der Waals surface area contributed by atoms with Crippen LogP contribution in [0.1, 0.15) is 22.9 Å². The van der Waals surface area contributed by atoms with E-state index in [1.54, 1.807) is 18.4 Å². The van der Waals surface area contributed by atoms with Crippen LogP contribution in [0.3, 0.4) is 0 Å². The highest BCUT2D eigenvalue weighted by atomic mass is 16.3. The summed E-state index contributed by atoms with van der Waals surface area (Å²) in [5.74, 6) is -0.607. The van der Waals surface area contributed by atoms with Crippen LogP contribution in [-0.2, 0) is 16.0 Å². The van der Waals surface area contributed by atoms with Crippen LogP contribution in [0.15, 0.2) is 71.3 Å². The third-order valence-electron chi connectivity index (χ3n) is 5.14. The van der Waals surface area contributed by atoms with Crippen LogP contribution in [-0.4, -0.2) is 24.9 Å². The molecule has 0 bridgehead atoms. The fourth-order valence-corrected chi connectivity index (χ4v) is 3.63. The topological polar surface area (TPSA) is 74.6 Å². The monoisotopic (exact) mass is 389 g/mol. The van der Waals surface area contributed by atoms with Crippen molar-refractivity contribution < 1.29 is 14.0 Å². The van der Waals surface area contributed by atoms with Gasteiger partial charge in [-0.15, -0.1) is 0 Å². The van der Waals surface area contributed by atoms with Gasteiger partial charge in [0.15, 0.2) is 0 Å². The predicted molar refractivity (Wildman–Crippen MR) is 112 cm³/mol. The number of amides is 2. The Labute approximate surface area is 169 Å². The quantitative estimate of drug-likeness (QED) is 0.656. The summed E-state index contributed by atoms with van der Waals surface area (Å²) in [4.78, 5) is 26.8. The number of benzene rings is 2. The summed E-state index contributed by atoms with van der Waals surface area (Å²) in [6, 6.07) is 19.1. The molecule has 0 radical (unpaired) electrons. The number of nitrogens with one attached hydrogen (secondary N) is 2. The van der Waals surface area contributed by atoms with E-state index in [1.807, 2.05) is 43.3 Å². The number of fused-ring (bicyclic) bond motifs is 1. The van der Waals surface area contributed by atoms with Crippen molar-refractivity contribution in [1.82, 2.24) is 5.32 Å². The van der Waals surface area contributed by atoms with Gasteiger partial charge in [0.25, 0.3) is 0 Å². The number of hydrogen-bond acceptors (Lipinski definition) is 4. The average molecular weight is 389 g/mol. The zero-order valence-electron chi connectivity index (χ0n) is 16.2. The average Bonchev–Trinajstić information content (AvgIpc) is 3.40. The molecule has 0 saturated heterocycles. The number of para-hydroxylation sites is 1. The molecule has 0 spiro atoms. The Balaban J connectivity index is 1.44. The van der Waals surface area contributed by atoms with Crippen molar-refractivity contribution in [2.75, 3.05) is 23.3 Å². The Morgan fingerprint density at radius 2 is 1.83 bits per heavy atom. The third kappa shape index (κ3) is 4.16. The zero-order chi connectivity index (χ0) is 20.2. The molecule has 2 heterocycles. The molecule has 0 aliphatic carbocycles. The number of carbonyl (C=O) groups is 2. The molecule has 6 nitrogen and oxygen atoms in total. The van der Waals surface area contributed by atoms with Crippen molar-refractivity contribution in [2.45, 2.75) is 19.4 Å². The van der Waals surface area contributed by atoms with E-state index in [4.69, 9.17) is 4.42 Å². The molecule has 1 aliphatic heterocycles. The minimum absolute atomic E-state index is 0.190. The fraction of sp³-hybridized carbons (Fsp3) is 0.217. The molecule has 6 heteroatoms. The van der Waals surface area contributed by atoms with E-state index in [2.05, 4.69) is 27.7 Å². The lowest BCUT2D eigenvalue weighted by Gasteiger charge is -2.29. The molecule has 4 rings (SSSR count). The smallest absolute Gasteiger partial charge is 0.313 e. The first-order chi connectivity index (χ1) is 14.1. The van der Waals surface area contributed by atoms with Gasteiger partial charge in [-0.05, 0) is 49.2 Å². The maximum atomic E-state index is 12.4. The van der Waals surface area contributed by atoms with Crippen LogP contribution in [0.5, 0.6) is 0 Å². The molecule has 0 fully saturated rings. The lowest BCUT2D eigenvalue weighted by Crippen LogP contribution is -2.41. The van der Waals surface area contributed by atoms with E-state index >= 15 is 0 Å². The van der Waals surface area contributed by atoms with Gasteiger partial charge in [-0.2, -0.15) is 0 Å². The van der Waals surface area contributed by atoms with Gasteiger partial charge in [0.2, 0.25) is 0 Å². The first-order valence-electron chi connectivity index (χ1n) is 9.65. The molecule has 1 atom stereocenters. The Morgan fingerprint density at radius 1 is 1.03 bits per heavy atom. The highest BCUT2D eigenvalue weighted by Crippen LogP contribution is 2.34. The Morgan fingerprint density at radius 3 is 2.59 bits per heavy atom. The number of hydrogen-bond donors (Lipinski definition) is 2. The van der Waals surface area contributed by atoms with Gasteiger partial charge in [-0.1, -0.05) is 35.9 Å². The minimum Gasteiger partial charge on any atom is -0.467 e. The molecule has 2 N–H and O–H groups in total. The summed E-state index contributed by atoms with van der Waals surface area (Å²) in [5, 5.41) is 5.38. The normalized spacial score (nSPS) is 13.6. The molecular formula is C23H23N3O3. The number of anilines is 2. The fourth-order valence-electron chi connectivity index (χ4n) is 3.63. The standard InChI is InChI=1S/C23H23N3O3/c1-16-8-10-18(11-9-16)25-23(28)22(27)24-15-20(21-7-4-14-29-21)26-13-12-17-5-2-3-6-19(17)26/h2-11,14,20H,12-13,15H2,1H3,(H,24,27)(H,25,28). The number of rotatable bonds is 5. The molecule has 1 unspecified atom stereocenters. The van der Waals surface area contributed by atoms with E-state index < -0.39 is 11.8 Å². The minimum atomic E-state index is -0.686. The van der Waals surface area contributed by atoms with Crippen LogP contribution in [0.2, 0.25) is 0 Å². The zero-order valence-corrected chi connectivity index (χ0v) is 16.2. The van der Waals surface area contributed by atoms with Gasteiger partial charge in [-0.3, -0.25) is 9.59 Å². The maximum absolute atomic E-state index is 12.4. The first-order valence-corrected chi connectivity index (χ1v) is 9.65. The highest BCUT2D eigenvalue weighted by molar-refractivity contribution is 6.39. The molecular weight excluding hydrogens is 366 g/mol. The van der Waals surface area contributed by atoms with Crippen LogP contribution in [0, 0.1) is 6.92 Å². The Hall–Kier alpha value is -3.54. The van der Waals surface area contributed by atoms with Gasteiger partial charge < -0.3 is 20.0 Å². The summed E-state index contributed by atoms with van der Waals surface area (Å²) in [7, 11) is 0. The lowest BCUT2D eigenvalue weighted by atomic mass is 10.1. The SMILES string of the molecule is Cc1ccc(NC(=O)C(=O)NCC(c2ccco2)N2CCc3ccccc32)cc1. The number of aryl methyl sites for hydroxylation is 1. The predicted octanol–water partition coefficient (Wildman–Crippen LogP) is 3.45. The Kier molecular flexibility index (Phi) is 5.33. The lowest BCUT2D eigenvalue weighted by molar-refractivity contribution is -0.136. The van der Waals surface area contributed by atoms with E-state index in [0.717, 1.165) is 30.0 Å². The van der Waals surface area contributed by atoms with Crippen LogP contribution in [0.25, 0.3) is 0 Å². The molecule has 29 heavy (non-hydrogen) atoms.